The third-order valence-electron chi connectivity index (χ3n) is 4.43. The molecule has 0 aliphatic carbocycles. The number of anilines is 1. The maximum Gasteiger partial charge on any atom is 0.232 e. The number of amides is 1. The van der Waals surface area contributed by atoms with Gasteiger partial charge in [0.05, 0.1) is 12.1 Å². The molecule has 0 bridgehead atoms. The van der Waals surface area contributed by atoms with E-state index in [2.05, 4.69) is 25.6 Å². The number of nitrogens with zero attached hydrogens (tertiary/aromatic N) is 5. The molecule has 1 unspecified atom stereocenters. The Labute approximate surface area is 137 Å². The number of carbonyl (C=O) groups excluding carboxylic acids is 1. The molecule has 1 amide bonds. The van der Waals surface area contributed by atoms with Gasteiger partial charge in [0.1, 0.15) is 0 Å². The number of nitrogens with one attached hydrogen (secondary N) is 1. The van der Waals surface area contributed by atoms with Crippen molar-refractivity contribution in [3.8, 4) is 11.5 Å². The summed E-state index contributed by atoms with van der Waals surface area (Å²) in [5, 5.41) is 14.1. The molecule has 1 atom stereocenters. The van der Waals surface area contributed by atoms with Crippen LogP contribution in [0.1, 0.15) is 29.4 Å². The molecule has 2 aromatic heterocycles. The molecule has 3 aromatic rings. The van der Waals surface area contributed by atoms with Gasteiger partial charge in [0.25, 0.3) is 0 Å². The lowest BCUT2D eigenvalue weighted by molar-refractivity contribution is -0.117. The molecule has 1 saturated heterocycles. The first-order valence-electron chi connectivity index (χ1n) is 7.70. The average Bonchev–Trinajstić information content (AvgIpc) is 3.29. The van der Waals surface area contributed by atoms with Crippen molar-refractivity contribution < 1.29 is 9.32 Å². The van der Waals surface area contributed by atoms with Gasteiger partial charge in [0.2, 0.25) is 17.6 Å². The topological polar surface area (TPSA) is 101 Å². The first-order valence-corrected chi connectivity index (χ1v) is 7.70. The van der Waals surface area contributed by atoms with Crippen molar-refractivity contribution in [1.29, 1.82) is 0 Å². The first-order chi connectivity index (χ1) is 11.6. The third-order valence-corrected chi connectivity index (χ3v) is 4.43. The highest BCUT2D eigenvalue weighted by molar-refractivity contribution is 5.97. The Morgan fingerprint density at radius 1 is 1.33 bits per heavy atom. The second kappa shape index (κ2) is 5.55. The summed E-state index contributed by atoms with van der Waals surface area (Å²) < 4.78 is 5.34. The number of aryl methyl sites for hydroxylation is 1. The minimum atomic E-state index is -0.120. The van der Waals surface area contributed by atoms with Crippen molar-refractivity contribution >= 4 is 11.6 Å². The van der Waals surface area contributed by atoms with Crippen molar-refractivity contribution in [2.24, 2.45) is 0 Å². The molecule has 122 valence electrons. The molecule has 0 radical (unpaired) electrons. The van der Waals surface area contributed by atoms with E-state index in [1.165, 1.54) is 6.20 Å². The predicted molar refractivity (Wildman–Crippen MR) is 85.3 cm³/mol. The van der Waals surface area contributed by atoms with E-state index in [-0.39, 0.29) is 11.8 Å². The fraction of sp³-hybridized carbons (Fsp3) is 0.312. The zero-order valence-corrected chi connectivity index (χ0v) is 13.4. The summed E-state index contributed by atoms with van der Waals surface area (Å²) in [6.45, 7) is 4.60. The van der Waals surface area contributed by atoms with E-state index < -0.39 is 0 Å². The minimum absolute atomic E-state index is 0.0647. The lowest BCUT2D eigenvalue weighted by Gasteiger charge is -2.19. The van der Waals surface area contributed by atoms with Gasteiger partial charge < -0.3 is 9.42 Å². The Kier molecular flexibility index (Phi) is 3.37. The number of benzene rings is 1. The Morgan fingerprint density at radius 3 is 3.00 bits per heavy atom. The van der Waals surface area contributed by atoms with Crippen molar-refractivity contribution in [2.45, 2.75) is 26.2 Å². The third kappa shape index (κ3) is 2.36. The lowest BCUT2D eigenvalue weighted by atomic mass is 10.1. The van der Waals surface area contributed by atoms with Crippen LogP contribution in [0.3, 0.4) is 0 Å². The summed E-state index contributed by atoms with van der Waals surface area (Å²) in [5.74, 6) is 0.769. The smallest absolute Gasteiger partial charge is 0.232 e. The van der Waals surface area contributed by atoms with E-state index in [0.717, 1.165) is 16.8 Å². The van der Waals surface area contributed by atoms with Gasteiger partial charge >= 0.3 is 0 Å². The normalized spacial score (nSPS) is 17.7. The number of H-pyrrole nitrogens is 1. The molecule has 1 aromatic carbocycles. The second-order valence-corrected chi connectivity index (χ2v) is 5.94. The summed E-state index contributed by atoms with van der Waals surface area (Å²) in [6, 6.07) is 5.98. The number of aromatic nitrogens is 5. The van der Waals surface area contributed by atoms with Gasteiger partial charge in [-0.1, -0.05) is 17.3 Å². The Balaban J connectivity index is 1.59. The summed E-state index contributed by atoms with van der Waals surface area (Å²) in [7, 11) is 0. The lowest BCUT2D eigenvalue weighted by Crippen LogP contribution is -2.25. The monoisotopic (exact) mass is 324 g/mol. The van der Waals surface area contributed by atoms with Crippen LogP contribution in [0.25, 0.3) is 11.5 Å². The van der Waals surface area contributed by atoms with E-state index in [0.29, 0.717) is 30.4 Å². The molecule has 24 heavy (non-hydrogen) atoms. The van der Waals surface area contributed by atoms with E-state index >= 15 is 0 Å². The van der Waals surface area contributed by atoms with Crippen LogP contribution in [-0.2, 0) is 4.79 Å². The fourth-order valence-corrected chi connectivity index (χ4v) is 2.95. The Hall–Kier alpha value is -3.03. The van der Waals surface area contributed by atoms with Gasteiger partial charge in [0.15, 0.2) is 5.69 Å². The number of hydrogen-bond acceptors (Lipinski definition) is 6. The average molecular weight is 324 g/mol. The van der Waals surface area contributed by atoms with E-state index in [1.54, 1.807) is 4.90 Å². The molecule has 3 heterocycles. The van der Waals surface area contributed by atoms with Crippen molar-refractivity contribution in [1.82, 2.24) is 25.6 Å². The van der Waals surface area contributed by atoms with Gasteiger partial charge in [-0.05, 0) is 31.0 Å². The highest BCUT2D eigenvalue weighted by atomic mass is 16.5. The summed E-state index contributed by atoms with van der Waals surface area (Å²) in [4.78, 5) is 18.6. The van der Waals surface area contributed by atoms with Crippen molar-refractivity contribution in [2.75, 3.05) is 11.4 Å². The largest absolute Gasteiger partial charge is 0.339 e. The molecule has 1 aliphatic rings. The van der Waals surface area contributed by atoms with E-state index in [4.69, 9.17) is 4.52 Å². The van der Waals surface area contributed by atoms with Crippen molar-refractivity contribution in [3.05, 3.63) is 41.4 Å². The van der Waals surface area contributed by atoms with E-state index in [1.807, 2.05) is 32.0 Å². The highest BCUT2D eigenvalue weighted by Gasteiger charge is 2.36. The standard InChI is InChI=1S/C16H16N6O2/c1-9-4-3-5-13(10(9)2)22-8-11(6-14(22)23)16-18-15(20-24-16)12-7-17-21-19-12/h3-5,7,11H,6,8H2,1-2H3,(H,17,19,21). The zero-order chi connectivity index (χ0) is 16.7. The molecule has 0 saturated carbocycles. The minimum Gasteiger partial charge on any atom is -0.339 e. The summed E-state index contributed by atoms with van der Waals surface area (Å²) in [5.41, 5.74) is 3.73. The number of carbonyl (C=O) groups is 1. The van der Waals surface area contributed by atoms with Crippen molar-refractivity contribution in [3.63, 3.8) is 0 Å². The van der Waals surface area contributed by atoms with Crippen LogP contribution in [0.4, 0.5) is 5.69 Å². The first kappa shape index (κ1) is 14.6. The van der Waals surface area contributed by atoms with Gasteiger partial charge in [-0.15, -0.1) is 0 Å². The molecular weight excluding hydrogens is 308 g/mol. The molecule has 1 aliphatic heterocycles. The quantitative estimate of drug-likeness (QED) is 0.790. The fourth-order valence-electron chi connectivity index (χ4n) is 2.95. The Bertz CT molecular complexity index is 886. The van der Waals surface area contributed by atoms with E-state index in [9.17, 15) is 4.79 Å². The molecule has 8 heteroatoms. The maximum atomic E-state index is 12.5. The molecule has 1 N–H and O–H groups in total. The number of hydrogen-bond donors (Lipinski definition) is 1. The molecule has 1 fully saturated rings. The van der Waals surface area contributed by atoms with Gasteiger partial charge in [-0.2, -0.15) is 20.4 Å². The SMILES string of the molecule is Cc1cccc(N2CC(c3nc(-c4cn[nH]n4)no3)CC2=O)c1C. The summed E-state index contributed by atoms with van der Waals surface area (Å²) >= 11 is 0. The zero-order valence-electron chi connectivity index (χ0n) is 13.4. The van der Waals surface area contributed by atoms with Crippen LogP contribution in [0, 0.1) is 13.8 Å². The highest BCUT2D eigenvalue weighted by Crippen LogP contribution is 2.33. The van der Waals surface area contributed by atoms with Crippen LogP contribution in [0.2, 0.25) is 0 Å². The van der Waals surface area contributed by atoms with Crippen LogP contribution in [0.5, 0.6) is 0 Å². The summed E-state index contributed by atoms with van der Waals surface area (Å²) in [6.07, 6.45) is 1.88. The second-order valence-electron chi connectivity index (χ2n) is 5.94. The van der Waals surface area contributed by atoms with Gasteiger partial charge in [-0.25, -0.2) is 0 Å². The molecular formula is C16H16N6O2. The molecule has 0 spiro atoms. The molecule has 4 rings (SSSR count). The van der Waals surface area contributed by atoms with Crippen LogP contribution < -0.4 is 4.90 Å². The number of rotatable bonds is 3. The predicted octanol–water partition coefficient (Wildman–Crippen LogP) is 1.99. The maximum absolute atomic E-state index is 12.5. The van der Waals surface area contributed by atoms with Crippen LogP contribution in [0.15, 0.2) is 28.9 Å². The molecule has 8 nitrogen and oxygen atoms in total. The Morgan fingerprint density at radius 2 is 2.21 bits per heavy atom. The van der Waals surface area contributed by atoms with Gasteiger partial charge in [0, 0.05) is 18.7 Å². The van der Waals surface area contributed by atoms with Crippen LogP contribution >= 0.6 is 0 Å². The van der Waals surface area contributed by atoms with Crippen LogP contribution in [-0.4, -0.2) is 38.0 Å². The number of aromatic amines is 1. The van der Waals surface area contributed by atoms with Gasteiger partial charge in [-0.3, -0.25) is 4.79 Å².